The van der Waals surface area contributed by atoms with Gasteiger partial charge in [0.2, 0.25) is 0 Å². The third-order valence-electron chi connectivity index (χ3n) is 2.41. The highest BCUT2D eigenvalue weighted by Gasteiger charge is 2.56. The van der Waals surface area contributed by atoms with Crippen LogP contribution in [-0.4, -0.2) is 12.2 Å². The fourth-order valence-electron chi connectivity index (χ4n) is 1.19. The van der Waals surface area contributed by atoms with Crippen LogP contribution in [0.4, 0.5) is 8.78 Å². The maximum Gasteiger partial charge on any atom is 0.251 e. The summed E-state index contributed by atoms with van der Waals surface area (Å²) < 4.78 is 24.8. The Morgan fingerprint density at radius 1 is 1.58 bits per heavy atom. The molecular weight excluding hydrogens is 162 g/mol. The third-order valence-corrected chi connectivity index (χ3v) is 2.41. The molecule has 0 saturated heterocycles. The molecule has 1 nitrogen and oxygen atoms in total. The number of alkyl halides is 2. The summed E-state index contributed by atoms with van der Waals surface area (Å²) in [5, 5.41) is 0. The van der Waals surface area contributed by atoms with E-state index in [4.69, 9.17) is 0 Å². The zero-order valence-corrected chi connectivity index (χ0v) is 7.44. The van der Waals surface area contributed by atoms with Gasteiger partial charge in [0.1, 0.15) is 6.29 Å². The minimum Gasteiger partial charge on any atom is -0.303 e. The molecular formula is C9H14F2O. The van der Waals surface area contributed by atoms with Crippen LogP contribution in [0.3, 0.4) is 0 Å². The van der Waals surface area contributed by atoms with E-state index in [9.17, 15) is 13.6 Å². The summed E-state index contributed by atoms with van der Waals surface area (Å²) >= 11 is 0. The van der Waals surface area contributed by atoms with E-state index < -0.39 is 17.3 Å². The van der Waals surface area contributed by atoms with Gasteiger partial charge in [-0.2, -0.15) is 0 Å². The Morgan fingerprint density at radius 2 is 2.08 bits per heavy atom. The first-order valence-electron chi connectivity index (χ1n) is 4.21. The van der Waals surface area contributed by atoms with Crippen LogP contribution < -0.4 is 0 Å². The van der Waals surface area contributed by atoms with Crippen molar-refractivity contribution in [2.24, 2.45) is 11.3 Å². The lowest BCUT2D eigenvalue weighted by Gasteiger charge is -2.15. The Balaban J connectivity index is 2.24. The van der Waals surface area contributed by atoms with Gasteiger partial charge < -0.3 is 4.79 Å². The van der Waals surface area contributed by atoms with Crippen molar-refractivity contribution in [1.82, 2.24) is 0 Å². The van der Waals surface area contributed by atoms with Crippen LogP contribution in [0.2, 0.25) is 0 Å². The van der Waals surface area contributed by atoms with Gasteiger partial charge in [-0.05, 0) is 12.8 Å². The van der Waals surface area contributed by atoms with Crippen LogP contribution in [0.25, 0.3) is 0 Å². The number of aldehydes is 1. The van der Waals surface area contributed by atoms with Gasteiger partial charge in [0.25, 0.3) is 5.92 Å². The number of hydrogen-bond donors (Lipinski definition) is 0. The minimum absolute atomic E-state index is 0.0158. The number of hydrogen-bond acceptors (Lipinski definition) is 1. The van der Waals surface area contributed by atoms with E-state index in [1.807, 2.05) is 0 Å². The zero-order valence-electron chi connectivity index (χ0n) is 7.44. The Kier molecular flexibility index (Phi) is 2.23. The topological polar surface area (TPSA) is 17.1 Å². The average molecular weight is 176 g/mol. The van der Waals surface area contributed by atoms with E-state index in [-0.39, 0.29) is 6.42 Å². The molecule has 1 unspecified atom stereocenters. The number of carbonyl (C=O) groups is 1. The maximum absolute atomic E-state index is 12.4. The summed E-state index contributed by atoms with van der Waals surface area (Å²) in [6.45, 7) is 3.56. The first kappa shape index (κ1) is 9.62. The molecule has 0 aromatic carbocycles. The van der Waals surface area contributed by atoms with Crippen molar-refractivity contribution in [1.29, 1.82) is 0 Å². The van der Waals surface area contributed by atoms with Crippen LogP contribution in [0, 0.1) is 11.3 Å². The highest BCUT2D eigenvalue weighted by molar-refractivity contribution is 5.57. The summed E-state index contributed by atoms with van der Waals surface area (Å²) in [6.07, 6.45) is 1.89. The predicted octanol–water partition coefficient (Wildman–Crippen LogP) is 2.65. The molecule has 1 atom stereocenters. The molecule has 1 saturated carbocycles. The molecule has 1 aliphatic carbocycles. The first-order valence-corrected chi connectivity index (χ1v) is 4.21. The largest absolute Gasteiger partial charge is 0.303 e. The van der Waals surface area contributed by atoms with Crippen molar-refractivity contribution in [2.45, 2.75) is 39.0 Å². The molecule has 70 valence electrons. The second-order valence-corrected chi connectivity index (χ2v) is 4.31. The molecule has 0 spiro atoms. The highest BCUT2D eigenvalue weighted by Crippen LogP contribution is 2.52. The minimum atomic E-state index is -2.43. The van der Waals surface area contributed by atoms with E-state index in [2.05, 4.69) is 0 Å². The third kappa shape index (κ3) is 2.26. The molecule has 0 aromatic rings. The Bertz CT molecular complexity index is 187. The summed E-state index contributed by atoms with van der Waals surface area (Å²) in [4.78, 5) is 10.4. The van der Waals surface area contributed by atoms with E-state index in [1.54, 1.807) is 13.8 Å². The Hall–Kier alpha value is -0.470. The lowest BCUT2D eigenvalue weighted by atomic mass is 9.89. The molecule has 0 bridgehead atoms. The molecule has 1 aliphatic rings. The fourth-order valence-corrected chi connectivity index (χ4v) is 1.19. The first-order chi connectivity index (χ1) is 5.37. The molecule has 1 fully saturated rings. The van der Waals surface area contributed by atoms with Crippen molar-refractivity contribution < 1.29 is 13.6 Å². The maximum atomic E-state index is 12.4. The number of carbonyl (C=O) groups excluding carboxylic acids is 1. The molecule has 3 heteroatoms. The van der Waals surface area contributed by atoms with Crippen LogP contribution in [0.1, 0.15) is 33.1 Å². The van der Waals surface area contributed by atoms with E-state index in [1.165, 1.54) is 0 Å². The molecule has 1 rings (SSSR count). The summed E-state index contributed by atoms with van der Waals surface area (Å²) in [5.41, 5.74) is -0.432. The summed E-state index contributed by atoms with van der Waals surface area (Å²) in [5.74, 6) is -2.89. The van der Waals surface area contributed by atoms with Crippen molar-refractivity contribution in [3.8, 4) is 0 Å². The van der Waals surface area contributed by atoms with Crippen LogP contribution in [0.5, 0.6) is 0 Å². The average Bonchev–Trinajstić information content (AvgIpc) is 2.56. The van der Waals surface area contributed by atoms with Gasteiger partial charge in [-0.3, -0.25) is 0 Å². The van der Waals surface area contributed by atoms with E-state index in [0.717, 1.165) is 6.29 Å². The zero-order chi connectivity index (χ0) is 9.41. The van der Waals surface area contributed by atoms with Gasteiger partial charge in [0.05, 0.1) is 0 Å². The normalized spacial score (nSPS) is 26.8. The summed E-state index contributed by atoms with van der Waals surface area (Å²) in [6, 6.07) is 0. The second-order valence-electron chi connectivity index (χ2n) is 4.31. The molecule has 0 amide bonds. The molecule has 0 aromatic heterocycles. The highest BCUT2D eigenvalue weighted by atomic mass is 19.3. The molecule has 0 aliphatic heterocycles. The van der Waals surface area contributed by atoms with Gasteiger partial charge in [-0.1, -0.05) is 13.8 Å². The van der Waals surface area contributed by atoms with Gasteiger partial charge in [0, 0.05) is 17.8 Å². The monoisotopic (exact) mass is 176 g/mol. The van der Waals surface area contributed by atoms with Crippen molar-refractivity contribution in [3.05, 3.63) is 0 Å². The molecule has 0 radical (unpaired) electrons. The fraction of sp³-hybridized carbons (Fsp3) is 0.889. The Labute approximate surface area is 71.1 Å². The standard InChI is InChI=1S/C9H14F2O/c1-8(2,6-12)4-3-7-5-9(7,10)11/h6-7H,3-5H2,1-2H3. The Morgan fingerprint density at radius 3 is 2.42 bits per heavy atom. The predicted molar refractivity (Wildman–Crippen MR) is 42.1 cm³/mol. The summed E-state index contributed by atoms with van der Waals surface area (Å²) in [7, 11) is 0. The molecule has 0 heterocycles. The quantitative estimate of drug-likeness (QED) is 0.602. The lowest BCUT2D eigenvalue weighted by Crippen LogP contribution is -2.13. The SMILES string of the molecule is CC(C)(C=O)CCC1CC1(F)F. The van der Waals surface area contributed by atoms with Gasteiger partial charge in [-0.15, -0.1) is 0 Å². The van der Waals surface area contributed by atoms with Gasteiger partial charge in [0.15, 0.2) is 0 Å². The van der Waals surface area contributed by atoms with E-state index >= 15 is 0 Å². The van der Waals surface area contributed by atoms with E-state index in [0.29, 0.717) is 12.8 Å². The number of rotatable bonds is 4. The lowest BCUT2D eigenvalue weighted by molar-refractivity contribution is -0.115. The van der Waals surface area contributed by atoms with Gasteiger partial charge >= 0.3 is 0 Å². The molecule has 12 heavy (non-hydrogen) atoms. The van der Waals surface area contributed by atoms with Crippen molar-refractivity contribution in [3.63, 3.8) is 0 Å². The van der Waals surface area contributed by atoms with Gasteiger partial charge in [-0.25, -0.2) is 8.78 Å². The van der Waals surface area contributed by atoms with Crippen molar-refractivity contribution >= 4 is 6.29 Å². The smallest absolute Gasteiger partial charge is 0.251 e. The van der Waals surface area contributed by atoms with Crippen molar-refractivity contribution in [2.75, 3.05) is 0 Å². The van der Waals surface area contributed by atoms with Crippen LogP contribution in [0.15, 0.2) is 0 Å². The number of halogens is 2. The van der Waals surface area contributed by atoms with Crippen LogP contribution >= 0.6 is 0 Å². The molecule has 0 N–H and O–H groups in total. The second kappa shape index (κ2) is 2.79. The van der Waals surface area contributed by atoms with Crippen LogP contribution in [-0.2, 0) is 4.79 Å².